The fourth-order valence-corrected chi connectivity index (χ4v) is 3.08. The zero-order chi connectivity index (χ0) is 18.4. The van der Waals surface area contributed by atoms with Crippen LogP contribution in [-0.2, 0) is 22.6 Å². The lowest BCUT2D eigenvalue weighted by molar-refractivity contribution is -0.144. The highest BCUT2D eigenvalue weighted by Crippen LogP contribution is 2.18. The summed E-state index contributed by atoms with van der Waals surface area (Å²) < 4.78 is 0. The second-order valence-electron chi connectivity index (χ2n) is 6.34. The number of aliphatic carboxylic acids is 1. The zero-order valence-corrected chi connectivity index (χ0v) is 14.4. The average Bonchev–Trinajstić information content (AvgIpc) is 2.66. The smallest absolute Gasteiger partial charge is 0.307 e. The van der Waals surface area contributed by atoms with Crippen LogP contribution in [0.1, 0.15) is 17.5 Å². The molecule has 3 aromatic carbocycles. The van der Waals surface area contributed by atoms with E-state index >= 15 is 0 Å². The number of carbonyl (C=O) groups excluding carboxylic acids is 1. The molecule has 2 N–H and O–H groups in total. The van der Waals surface area contributed by atoms with Crippen molar-refractivity contribution in [3.8, 4) is 0 Å². The number of carboxylic acid groups (broad SMARTS) is 1. The topological polar surface area (TPSA) is 66.4 Å². The molecule has 26 heavy (non-hydrogen) atoms. The van der Waals surface area contributed by atoms with Crippen molar-refractivity contribution in [1.29, 1.82) is 0 Å². The summed E-state index contributed by atoms with van der Waals surface area (Å²) >= 11 is 0. The Bertz CT molecular complexity index is 900. The van der Waals surface area contributed by atoms with E-state index in [1.54, 1.807) is 0 Å². The predicted octanol–water partition coefficient (Wildman–Crippen LogP) is 3.79. The highest BCUT2D eigenvalue weighted by Gasteiger charge is 2.21. The molecule has 0 saturated carbocycles. The van der Waals surface area contributed by atoms with Crippen molar-refractivity contribution in [2.45, 2.75) is 19.4 Å². The number of benzene rings is 3. The van der Waals surface area contributed by atoms with Gasteiger partial charge in [0.05, 0.1) is 5.92 Å². The maximum absolute atomic E-state index is 12.3. The molecule has 1 unspecified atom stereocenters. The molecular formula is C22H21NO3. The Morgan fingerprint density at radius 2 is 1.58 bits per heavy atom. The van der Waals surface area contributed by atoms with E-state index in [1.807, 2.05) is 72.8 Å². The predicted molar refractivity (Wildman–Crippen MR) is 102 cm³/mol. The highest BCUT2D eigenvalue weighted by molar-refractivity contribution is 5.86. The summed E-state index contributed by atoms with van der Waals surface area (Å²) in [6, 6.07) is 23.3. The molecule has 0 spiro atoms. The molecule has 3 aromatic rings. The highest BCUT2D eigenvalue weighted by atomic mass is 16.4. The number of nitrogens with one attached hydrogen (secondary N) is 1. The molecule has 1 amide bonds. The first kappa shape index (κ1) is 17.7. The molecule has 0 saturated heterocycles. The first-order chi connectivity index (χ1) is 12.6. The first-order valence-corrected chi connectivity index (χ1v) is 8.63. The van der Waals surface area contributed by atoms with Gasteiger partial charge >= 0.3 is 5.97 Å². The van der Waals surface area contributed by atoms with Gasteiger partial charge in [-0.15, -0.1) is 0 Å². The van der Waals surface area contributed by atoms with E-state index in [0.29, 0.717) is 13.0 Å². The Balaban J connectivity index is 1.62. The van der Waals surface area contributed by atoms with Crippen LogP contribution in [0.15, 0.2) is 72.8 Å². The number of hydrogen-bond acceptors (Lipinski definition) is 2. The second-order valence-corrected chi connectivity index (χ2v) is 6.34. The van der Waals surface area contributed by atoms with E-state index in [0.717, 1.165) is 21.9 Å². The van der Waals surface area contributed by atoms with E-state index < -0.39 is 11.9 Å². The van der Waals surface area contributed by atoms with Crippen LogP contribution >= 0.6 is 0 Å². The lowest BCUT2D eigenvalue weighted by Crippen LogP contribution is -2.29. The third-order valence-corrected chi connectivity index (χ3v) is 4.46. The molecule has 0 aromatic heterocycles. The summed E-state index contributed by atoms with van der Waals surface area (Å²) in [6.45, 7) is 0.387. The van der Waals surface area contributed by atoms with Crippen LogP contribution in [0.2, 0.25) is 0 Å². The van der Waals surface area contributed by atoms with Crippen LogP contribution < -0.4 is 5.32 Å². The molecule has 0 aliphatic heterocycles. The average molecular weight is 347 g/mol. The van der Waals surface area contributed by atoms with Crippen LogP contribution in [0.3, 0.4) is 0 Å². The van der Waals surface area contributed by atoms with E-state index in [-0.39, 0.29) is 12.3 Å². The van der Waals surface area contributed by atoms with Gasteiger partial charge in [0, 0.05) is 13.0 Å². The Labute approximate surface area is 152 Å². The van der Waals surface area contributed by atoms with Crippen molar-refractivity contribution >= 4 is 22.6 Å². The van der Waals surface area contributed by atoms with Crippen LogP contribution in [0.4, 0.5) is 0 Å². The summed E-state index contributed by atoms with van der Waals surface area (Å²) in [5, 5.41) is 14.5. The minimum absolute atomic E-state index is 0.0327. The number of carbonyl (C=O) groups is 2. The van der Waals surface area contributed by atoms with Gasteiger partial charge in [-0.1, -0.05) is 72.8 Å². The molecule has 0 aliphatic carbocycles. The van der Waals surface area contributed by atoms with Gasteiger partial charge in [-0.25, -0.2) is 0 Å². The van der Waals surface area contributed by atoms with Crippen molar-refractivity contribution in [3.63, 3.8) is 0 Å². The van der Waals surface area contributed by atoms with E-state index in [1.165, 1.54) is 0 Å². The fourth-order valence-electron chi connectivity index (χ4n) is 3.08. The maximum atomic E-state index is 12.3. The molecule has 0 heterocycles. The molecule has 1 atom stereocenters. The van der Waals surface area contributed by atoms with E-state index in [2.05, 4.69) is 5.32 Å². The third kappa shape index (κ3) is 4.48. The minimum Gasteiger partial charge on any atom is -0.481 e. The summed E-state index contributed by atoms with van der Waals surface area (Å²) in [6.07, 6.45) is 0.312. The van der Waals surface area contributed by atoms with Crippen molar-refractivity contribution in [3.05, 3.63) is 83.9 Å². The Hall–Kier alpha value is -3.14. The lowest BCUT2D eigenvalue weighted by atomic mass is 9.96. The molecule has 0 fully saturated rings. The van der Waals surface area contributed by atoms with E-state index in [4.69, 9.17) is 0 Å². The molecule has 3 rings (SSSR count). The standard InChI is InChI=1S/C22H21NO3/c24-21(14-19(22(25)26)13-16-7-2-1-3-8-16)23-15-18-11-6-10-17-9-4-5-12-20(17)18/h1-12,19H,13-15H2,(H,23,24)(H,25,26). The van der Waals surface area contributed by atoms with Gasteiger partial charge in [0.1, 0.15) is 0 Å². The van der Waals surface area contributed by atoms with Crippen molar-refractivity contribution in [2.24, 2.45) is 5.92 Å². The summed E-state index contributed by atoms with van der Waals surface area (Å²) in [5.41, 5.74) is 1.94. The third-order valence-electron chi connectivity index (χ3n) is 4.46. The molecule has 0 aliphatic rings. The zero-order valence-electron chi connectivity index (χ0n) is 14.4. The number of hydrogen-bond donors (Lipinski definition) is 2. The minimum atomic E-state index is -0.950. The summed E-state index contributed by atoms with van der Waals surface area (Å²) in [4.78, 5) is 23.8. The van der Waals surface area contributed by atoms with Gasteiger partial charge in [-0.05, 0) is 28.3 Å². The van der Waals surface area contributed by atoms with Gasteiger partial charge in [-0.2, -0.15) is 0 Å². The van der Waals surface area contributed by atoms with Crippen LogP contribution in [0.25, 0.3) is 10.8 Å². The quantitative estimate of drug-likeness (QED) is 0.683. The summed E-state index contributed by atoms with van der Waals surface area (Å²) in [5.74, 6) is -1.93. The van der Waals surface area contributed by atoms with E-state index in [9.17, 15) is 14.7 Å². The van der Waals surface area contributed by atoms with Gasteiger partial charge in [0.2, 0.25) is 5.91 Å². The largest absolute Gasteiger partial charge is 0.481 e. The number of rotatable bonds is 7. The number of amides is 1. The van der Waals surface area contributed by atoms with Gasteiger partial charge in [0.15, 0.2) is 0 Å². The number of carboxylic acids is 1. The van der Waals surface area contributed by atoms with Gasteiger partial charge < -0.3 is 10.4 Å². The number of fused-ring (bicyclic) bond motifs is 1. The normalized spacial score (nSPS) is 11.8. The van der Waals surface area contributed by atoms with Crippen LogP contribution in [-0.4, -0.2) is 17.0 Å². The van der Waals surface area contributed by atoms with Crippen molar-refractivity contribution < 1.29 is 14.7 Å². The van der Waals surface area contributed by atoms with Crippen LogP contribution in [0, 0.1) is 5.92 Å². The Kier molecular flexibility index (Phi) is 5.64. The van der Waals surface area contributed by atoms with Gasteiger partial charge in [0.25, 0.3) is 0 Å². The lowest BCUT2D eigenvalue weighted by Gasteiger charge is -2.13. The Morgan fingerprint density at radius 1 is 0.885 bits per heavy atom. The van der Waals surface area contributed by atoms with Crippen LogP contribution in [0.5, 0.6) is 0 Å². The van der Waals surface area contributed by atoms with Crippen molar-refractivity contribution in [2.75, 3.05) is 0 Å². The SMILES string of the molecule is O=C(CC(Cc1ccccc1)C(=O)O)NCc1cccc2ccccc12. The monoisotopic (exact) mass is 347 g/mol. The molecule has 0 radical (unpaired) electrons. The van der Waals surface area contributed by atoms with Crippen molar-refractivity contribution in [1.82, 2.24) is 5.32 Å². The Morgan fingerprint density at radius 3 is 2.35 bits per heavy atom. The van der Waals surface area contributed by atoms with Gasteiger partial charge in [-0.3, -0.25) is 9.59 Å². The molecule has 4 heteroatoms. The second kappa shape index (κ2) is 8.30. The molecule has 132 valence electrons. The molecule has 4 nitrogen and oxygen atoms in total. The summed E-state index contributed by atoms with van der Waals surface area (Å²) in [7, 11) is 0. The molecule has 0 bridgehead atoms. The first-order valence-electron chi connectivity index (χ1n) is 8.63. The fraction of sp³-hybridized carbons (Fsp3) is 0.182. The molecular weight excluding hydrogens is 326 g/mol. The maximum Gasteiger partial charge on any atom is 0.307 e.